The van der Waals surface area contributed by atoms with Crippen molar-refractivity contribution in [1.29, 1.82) is 0 Å². The molecule has 2 aromatic rings. The van der Waals surface area contributed by atoms with E-state index in [9.17, 15) is 18.0 Å². The Kier molecular flexibility index (Phi) is 7.96. The van der Waals surface area contributed by atoms with E-state index >= 15 is 0 Å². The molecule has 1 saturated heterocycles. The average molecular weight is 447 g/mol. The zero-order valence-corrected chi connectivity index (χ0v) is 17.6. The van der Waals surface area contributed by atoms with Crippen LogP contribution in [-0.4, -0.2) is 56.1 Å². The van der Waals surface area contributed by atoms with E-state index in [4.69, 9.17) is 9.90 Å². The summed E-state index contributed by atoms with van der Waals surface area (Å²) in [5.74, 6) is -1.73. The first kappa shape index (κ1) is 23.8. The van der Waals surface area contributed by atoms with Crippen LogP contribution in [0.4, 0.5) is 19.0 Å². The lowest BCUT2D eigenvalue weighted by atomic mass is 10.1. The van der Waals surface area contributed by atoms with Crippen molar-refractivity contribution in [3.8, 4) is 0 Å². The number of nitrogens with zero attached hydrogens (tertiary/aromatic N) is 4. The van der Waals surface area contributed by atoms with Gasteiger partial charge >= 0.3 is 12.1 Å². The number of nitrogens with one attached hydrogen (secondary N) is 1. The minimum Gasteiger partial charge on any atom is -0.475 e. The molecule has 1 fully saturated rings. The minimum atomic E-state index is -5.08. The largest absolute Gasteiger partial charge is 0.490 e. The van der Waals surface area contributed by atoms with Gasteiger partial charge in [-0.1, -0.05) is 19.1 Å². The van der Waals surface area contributed by atoms with Gasteiger partial charge < -0.3 is 10.4 Å². The summed E-state index contributed by atoms with van der Waals surface area (Å²) in [5, 5.41) is 17.6. The van der Waals surface area contributed by atoms with Crippen LogP contribution in [0, 0.1) is 5.92 Å². The standard InChI is InChI=1S/C16H23N5OS.C2HF3O2/c1-11(2)9-21-8-4-5-12(21)13-6-7-14(23-13)16(22)17-15-10-20(3)19-18-15;3-2(4,5)1(6)7/h6-7,10-12H,4-5,8-9H2,1-3H3,(H,17,22);(H,6,7). The minimum absolute atomic E-state index is 0.116. The summed E-state index contributed by atoms with van der Waals surface area (Å²) in [7, 11) is 1.77. The van der Waals surface area contributed by atoms with E-state index in [-0.39, 0.29) is 5.91 Å². The molecule has 1 aliphatic heterocycles. The Bertz CT molecular complexity index is 865. The molecule has 3 heterocycles. The highest BCUT2D eigenvalue weighted by Gasteiger charge is 2.38. The second kappa shape index (κ2) is 10.0. The van der Waals surface area contributed by atoms with Crippen LogP contribution in [0.25, 0.3) is 0 Å². The number of carbonyl (C=O) groups excluding carboxylic acids is 1. The fraction of sp³-hybridized carbons (Fsp3) is 0.556. The number of alkyl halides is 3. The number of rotatable bonds is 5. The topological polar surface area (TPSA) is 100 Å². The number of aliphatic carboxylic acids is 1. The molecule has 8 nitrogen and oxygen atoms in total. The number of anilines is 1. The first-order chi connectivity index (χ1) is 14.0. The van der Waals surface area contributed by atoms with E-state index in [1.54, 1.807) is 29.3 Å². The van der Waals surface area contributed by atoms with Crippen molar-refractivity contribution in [3.05, 3.63) is 28.1 Å². The monoisotopic (exact) mass is 447 g/mol. The van der Waals surface area contributed by atoms with Gasteiger partial charge in [0.15, 0.2) is 5.82 Å². The van der Waals surface area contributed by atoms with Gasteiger partial charge in [0.25, 0.3) is 5.91 Å². The van der Waals surface area contributed by atoms with Crippen LogP contribution in [0.3, 0.4) is 0 Å². The molecule has 2 N–H and O–H groups in total. The van der Waals surface area contributed by atoms with Gasteiger partial charge in [0.2, 0.25) is 0 Å². The maximum atomic E-state index is 12.3. The second-order valence-electron chi connectivity index (χ2n) is 7.28. The molecule has 2 aromatic heterocycles. The molecule has 1 aliphatic rings. The highest BCUT2D eigenvalue weighted by molar-refractivity contribution is 7.14. The fourth-order valence-corrected chi connectivity index (χ4v) is 4.15. The molecule has 1 amide bonds. The van der Waals surface area contributed by atoms with Crippen molar-refractivity contribution < 1.29 is 27.9 Å². The normalized spacial score (nSPS) is 17.0. The van der Waals surface area contributed by atoms with E-state index in [1.165, 1.54) is 17.7 Å². The van der Waals surface area contributed by atoms with Crippen LogP contribution in [0.5, 0.6) is 0 Å². The van der Waals surface area contributed by atoms with E-state index in [2.05, 4.69) is 40.4 Å². The summed E-state index contributed by atoms with van der Waals surface area (Å²) >= 11 is 1.59. The molecule has 0 bridgehead atoms. The van der Waals surface area contributed by atoms with Crippen molar-refractivity contribution in [1.82, 2.24) is 19.9 Å². The second-order valence-corrected chi connectivity index (χ2v) is 8.40. The van der Waals surface area contributed by atoms with Gasteiger partial charge in [0, 0.05) is 24.5 Å². The number of aryl methyl sites for hydroxylation is 1. The zero-order chi connectivity index (χ0) is 22.5. The number of hydrogen-bond acceptors (Lipinski definition) is 6. The molecule has 3 rings (SSSR count). The molecule has 0 spiro atoms. The van der Waals surface area contributed by atoms with Crippen molar-refractivity contribution in [3.63, 3.8) is 0 Å². The van der Waals surface area contributed by atoms with Gasteiger partial charge in [-0.05, 0) is 37.4 Å². The van der Waals surface area contributed by atoms with Crippen molar-refractivity contribution in [2.24, 2.45) is 13.0 Å². The number of carboxylic acid groups (broad SMARTS) is 1. The number of carboxylic acids is 1. The first-order valence-corrected chi connectivity index (χ1v) is 10.1. The SMILES string of the molecule is CC(C)CN1CCCC1c1ccc(C(=O)Nc2cn(C)nn2)s1.O=C(O)C(F)(F)F. The first-order valence-electron chi connectivity index (χ1n) is 9.29. The Balaban J connectivity index is 0.000000396. The zero-order valence-electron chi connectivity index (χ0n) is 16.8. The molecular formula is C18H24F3N5O3S. The van der Waals surface area contributed by atoms with Crippen LogP contribution in [-0.2, 0) is 11.8 Å². The van der Waals surface area contributed by atoms with Gasteiger partial charge in [-0.3, -0.25) is 14.4 Å². The van der Waals surface area contributed by atoms with E-state index < -0.39 is 12.1 Å². The van der Waals surface area contributed by atoms with Crippen molar-refractivity contribution in [2.45, 2.75) is 38.9 Å². The molecule has 166 valence electrons. The summed E-state index contributed by atoms with van der Waals surface area (Å²) in [6.07, 6.45) is -0.983. The summed E-state index contributed by atoms with van der Waals surface area (Å²) in [4.78, 5) is 25.8. The van der Waals surface area contributed by atoms with Gasteiger partial charge in [0.1, 0.15) is 0 Å². The maximum absolute atomic E-state index is 12.3. The molecule has 0 aromatic carbocycles. The number of aromatic nitrogens is 3. The predicted molar refractivity (Wildman–Crippen MR) is 105 cm³/mol. The van der Waals surface area contributed by atoms with Gasteiger partial charge in [0.05, 0.1) is 11.1 Å². The number of carbonyl (C=O) groups is 2. The lowest BCUT2D eigenvalue weighted by molar-refractivity contribution is -0.192. The highest BCUT2D eigenvalue weighted by Crippen LogP contribution is 2.36. The smallest absolute Gasteiger partial charge is 0.475 e. The summed E-state index contributed by atoms with van der Waals surface area (Å²) in [6, 6.07) is 4.47. The molecule has 12 heteroatoms. The number of thiophene rings is 1. The van der Waals surface area contributed by atoms with Crippen LogP contribution < -0.4 is 5.32 Å². The van der Waals surface area contributed by atoms with Gasteiger partial charge in [-0.2, -0.15) is 13.2 Å². The van der Waals surface area contributed by atoms with Gasteiger partial charge in [-0.15, -0.1) is 16.4 Å². The van der Waals surface area contributed by atoms with Crippen LogP contribution in [0.1, 0.15) is 47.3 Å². The van der Waals surface area contributed by atoms with Crippen molar-refractivity contribution in [2.75, 3.05) is 18.4 Å². The molecule has 1 unspecified atom stereocenters. The Morgan fingerprint density at radius 2 is 2.03 bits per heavy atom. The third-order valence-corrected chi connectivity index (χ3v) is 5.41. The molecule has 30 heavy (non-hydrogen) atoms. The Labute approximate surface area is 175 Å². The Morgan fingerprint density at radius 3 is 2.57 bits per heavy atom. The fourth-order valence-electron chi connectivity index (χ4n) is 3.07. The molecule has 0 aliphatic carbocycles. The van der Waals surface area contributed by atoms with E-state index in [0.717, 1.165) is 18.0 Å². The number of amides is 1. The Hall–Kier alpha value is -2.47. The Morgan fingerprint density at radius 1 is 1.37 bits per heavy atom. The summed E-state index contributed by atoms with van der Waals surface area (Å²) in [6.45, 7) is 6.78. The quantitative estimate of drug-likeness (QED) is 0.727. The molecule has 0 radical (unpaired) electrons. The summed E-state index contributed by atoms with van der Waals surface area (Å²) in [5.41, 5.74) is 0. The average Bonchev–Trinajstić information content (AvgIpc) is 3.35. The maximum Gasteiger partial charge on any atom is 0.490 e. The van der Waals surface area contributed by atoms with Gasteiger partial charge in [-0.25, -0.2) is 4.79 Å². The summed E-state index contributed by atoms with van der Waals surface area (Å²) < 4.78 is 33.3. The lowest BCUT2D eigenvalue weighted by Gasteiger charge is -2.25. The molecule has 0 saturated carbocycles. The third kappa shape index (κ3) is 6.80. The molecular weight excluding hydrogens is 423 g/mol. The van der Waals surface area contributed by atoms with Crippen LogP contribution in [0.15, 0.2) is 18.3 Å². The lowest BCUT2D eigenvalue weighted by Crippen LogP contribution is -2.26. The third-order valence-electron chi connectivity index (χ3n) is 4.23. The predicted octanol–water partition coefficient (Wildman–Crippen LogP) is 3.56. The molecule has 1 atom stereocenters. The van der Waals surface area contributed by atoms with Crippen LogP contribution >= 0.6 is 11.3 Å². The van der Waals surface area contributed by atoms with E-state index in [0.29, 0.717) is 17.8 Å². The van der Waals surface area contributed by atoms with Crippen molar-refractivity contribution >= 4 is 29.0 Å². The van der Waals surface area contributed by atoms with E-state index in [1.807, 2.05) is 6.07 Å². The highest BCUT2D eigenvalue weighted by atomic mass is 32.1. The number of hydrogen-bond donors (Lipinski definition) is 2. The number of halogens is 3. The van der Waals surface area contributed by atoms with Crippen LogP contribution in [0.2, 0.25) is 0 Å². The number of likely N-dealkylation sites (tertiary alicyclic amines) is 1.